The lowest BCUT2D eigenvalue weighted by molar-refractivity contribution is -0.132. The molecule has 0 heterocycles. The fraction of sp³-hybridized carbons (Fsp3) is 0.917. The summed E-state index contributed by atoms with van der Waals surface area (Å²) in [6.07, 6.45) is 4.44. The Hall–Kier alpha value is -0.570. The molecule has 0 aromatic carbocycles. The molecule has 3 heteroatoms. The van der Waals surface area contributed by atoms with Gasteiger partial charge in [0.1, 0.15) is 0 Å². The average Bonchev–Trinajstić information content (AvgIpc) is 2.61. The maximum Gasteiger partial charge on any atom is 0.222 e. The van der Waals surface area contributed by atoms with Crippen molar-refractivity contribution in [1.29, 1.82) is 0 Å². The van der Waals surface area contributed by atoms with E-state index in [1.54, 1.807) is 4.90 Å². The molecule has 1 fully saturated rings. The Labute approximate surface area is 93.0 Å². The number of rotatable bonds is 4. The molecule has 1 aliphatic carbocycles. The number of nitrogens with zero attached hydrogens (tertiary/aromatic N) is 1. The molecule has 0 aromatic rings. The molecule has 0 radical (unpaired) electrons. The third kappa shape index (κ3) is 3.49. The van der Waals surface area contributed by atoms with Gasteiger partial charge in [-0.25, -0.2) is 0 Å². The highest BCUT2D eigenvalue weighted by atomic mass is 16.2. The summed E-state index contributed by atoms with van der Waals surface area (Å²) in [5.41, 5.74) is 5.55. The van der Waals surface area contributed by atoms with Crippen LogP contribution in [0.3, 0.4) is 0 Å². The van der Waals surface area contributed by atoms with Gasteiger partial charge in [0, 0.05) is 26.1 Å². The van der Waals surface area contributed by atoms with Crippen molar-refractivity contribution in [3.8, 4) is 0 Å². The van der Waals surface area contributed by atoms with E-state index in [0.717, 1.165) is 5.92 Å². The van der Waals surface area contributed by atoms with Crippen LogP contribution in [0.2, 0.25) is 0 Å². The number of amides is 1. The Morgan fingerprint density at radius 2 is 2.20 bits per heavy atom. The minimum atomic E-state index is 0.163. The minimum absolute atomic E-state index is 0.163. The molecule has 1 aliphatic rings. The number of hydrogen-bond donors (Lipinski definition) is 1. The van der Waals surface area contributed by atoms with E-state index in [4.69, 9.17) is 5.73 Å². The molecule has 0 aromatic heterocycles. The van der Waals surface area contributed by atoms with Gasteiger partial charge in [0.25, 0.3) is 0 Å². The van der Waals surface area contributed by atoms with Crippen molar-refractivity contribution in [2.24, 2.45) is 17.6 Å². The second kappa shape index (κ2) is 5.50. The van der Waals surface area contributed by atoms with Crippen LogP contribution in [0.25, 0.3) is 0 Å². The smallest absolute Gasteiger partial charge is 0.222 e. The number of carbonyl (C=O) groups is 1. The normalized spacial score (nSPS) is 27.7. The van der Waals surface area contributed by atoms with Crippen molar-refractivity contribution in [2.45, 2.75) is 45.6 Å². The van der Waals surface area contributed by atoms with Crippen LogP contribution in [-0.4, -0.2) is 30.4 Å². The molecule has 88 valence electrons. The van der Waals surface area contributed by atoms with Crippen molar-refractivity contribution in [3.63, 3.8) is 0 Å². The second-order valence-corrected chi connectivity index (χ2v) is 5.08. The zero-order valence-electron chi connectivity index (χ0n) is 10.2. The highest BCUT2D eigenvalue weighted by Gasteiger charge is 2.25. The summed E-state index contributed by atoms with van der Waals surface area (Å²) in [7, 11) is 1.86. The number of hydrogen-bond acceptors (Lipinski definition) is 2. The number of nitrogens with two attached hydrogens (primary N) is 1. The highest BCUT2D eigenvalue weighted by Crippen LogP contribution is 2.32. The molecule has 3 unspecified atom stereocenters. The van der Waals surface area contributed by atoms with E-state index in [1.165, 1.54) is 19.3 Å². The lowest BCUT2D eigenvalue weighted by Gasteiger charge is -2.25. The van der Waals surface area contributed by atoms with Crippen molar-refractivity contribution in [3.05, 3.63) is 0 Å². The number of carbonyl (C=O) groups excluding carboxylic acids is 1. The van der Waals surface area contributed by atoms with Crippen molar-refractivity contribution in [1.82, 2.24) is 4.90 Å². The summed E-state index contributed by atoms with van der Waals surface area (Å²) in [6, 6.07) is 0.163. The lowest BCUT2D eigenvalue weighted by Crippen LogP contribution is -2.40. The third-order valence-electron chi connectivity index (χ3n) is 3.66. The van der Waals surface area contributed by atoms with Crippen LogP contribution in [0.1, 0.15) is 39.5 Å². The Morgan fingerprint density at radius 1 is 1.53 bits per heavy atom. The monoisotopic (exact) mass is 212 g/mol. The first-order valence-electron chi connectivity index (χ1n) is 6.00. The summed E-state index contributed by atoms with van der Waals surface area (Å²) < 4.78 is 0. The fourth-order valence-electron chi connectivity index (χ4n) is 2.31. The van der Waals surface area contributed by atoms with E-state index in [1.807, 2.05) is 14.0 Å². The summed E-state index contributed by atoms with van der Waals surface area (Å²) in [4.78, 5) is 13.7. The van der Waals surface area contributed by atoms with Gasteiger partial charge in [0.2, 0.25) is 5.91 Å². The molecule has 1 rings (SSSR count). The minimum Gasteiger partial charge on any atom is -0.342 e. The molecule has 0 spiro atoms. The van der Waals surface area contributed by atoms with Crippen LogP contribution < -0.4 is 5.73 Å². The van der Waals surface area contributed by atoms with Crippen LogP contribution in [0, 0.1) is 11.8 Å². The van der Waals surface area contributed by atoms with Crippen molar-refractivity contribution < 1.29 is 4.79 Å². The van der Waals surface area contributed by atoms with Crippen LogP contribution in [0.15, 0.2) is 0 Å². The van der Waals surface area contributed by atoms with Gasteiger partial charge in [-0.3, -0.25) is 4.79 Å². The Bertz CT molecular complexity index is 218. The molecule has 0 saturated heterocycles. The topological polar surface area (TPSA) is 46.3 Å². The van der Waals surface area contributed by atoms with Gasteiger partial charge in [-0.15, -0.1) is 0 Å². The first kappa shape index (κ1) is 12.5. The zero-order chi connectivity index (χ0) is 11.4. The zero-order valence-corrected chi connectivity index (χ0v) is 10.2. The maximum absolute atomic E-state index is 11.9. The summed E-state index contributed by atoms with van der Waals surface area (Å²) in [5.74, 6) is 1.67. The molecular formula is C12H24N2O. The van der Waals surface area contributed by atoms with E-state index in [2.05, 4.69) is 6.92 Å². The Balaban J connectivity index is 2.35. The van der Waals surface area contributed by atoms with E-state index in [-0.39, 0.29) is 11.9 Å². The van der Waals surface area contributed by atoms with Gasteiger partial charge >= 0.3 is 0 Å². The number of likely N-dealkylation sites (N-methyl/N-ethyl adjacent to an activating group) is 1. The summed E-state index contributed by atoms with van der Waals surface area (Å²) >= 11 is 0. The highest BCUT2D eigenvalue weighted by molar-refractivity contribution is 5.76. The van der Waals surface area contributed by atoms with Crippen molar-refractivity contribution >= 4 is 5.91 Å². The first-order chi connectivity index (χ1) is 7.04. The van der Waals surface area contributed by atoms with Gasteiger partial charge in [-0.05, 0) is 31.6 Å². The van der Waals surface area contributed by atoms with Gasteiger partial charge in [-0.2, -0.15) is 0 Å². The van der Waals surface area contributed by atoms with E-state index in [0.29, 0.717) is 18.9 Å². The molecule has 1 amide bonds. The lowest BCUT2D eigenvalue weighted by atomic mass is 10.0. The van der Waals surface area contributed by atoms with Gasteiger partial charge in [-0.1, -0.05) is 13.3 Å². The van der Waals surface area contributed by atoms with Gasteiger partial charge < -0.3 is 10.6 Å². The maximum atomic E-state index is 11.9. The predicted molar refractivity (Wildman–Crippen MR) is 62.4 cm³/mol. The summed E-state index contributed by atoms with van der Waals surface area (Å²) in [6.45, 7) is 4.81. The molecular weight excluding hydrogens is 188 g/mol. The van der Waals surface area contributed by atoms with Crippen LogP contribution in [-0.2, 0) is 4.79 Å². The van der Waals surface area contributed by atoms with Crippen LogP contribution in [0.5, 0.6) is 0 Å². The van der Waals surface area contributed by atoms with Gasteiger partial charge in [0.15, 0.2) is 0 Å². The molecule has 0 aliphatic heterocycles. The molecule has 1 saturated carbocycles. The van der Waals surface area contributed by atoms with E-state index >= 15 is 0 Å². The molecule has 15 heavy (non-hydrogen) atoms. The second-order valence-electron chi connectivity index (χ2n) is 5.08. The Kier molecular flexibility index (Phi) is 4.58. The molecule has 3 atom stereocenters. The largest absolute Gasteiger partial charge is 0.342 e. The van der Waals surface area contributed by atoms with Crippen LogP contribution >= 0.6 is 0 Å². The Morgan fingerprint density at radius 3 is 2.67 bits per heavy atom. The average molecular weight is 212 g/mol. The predicted octanol–water partition coefficient (Wildman–Crippen LogP) is 1.62. The summed E-state index contributed by atoms with van der Waals surface area (Å²) in [5, 5.41) is 0. The van der Waals surface area contributed by atoms with Crippen molar-refractivity contribution in [2.75, 3.05) is 13.6 Å². The first-order valence-corrected chi connectivity index (χ1v) is 6.00. The van der Waals surface area contributed by atoms with Gasteiger partial charge in [0.05, 0.1) is 0 Å². The van der Waals surface area contributed by atoms with Crippen LogP contribution in [0.4, 0.5) is 0 Å². The molecule has 3 nitrogen and oxygen atoms in total. The molecule has 0 bridgehead atoms. The van der Waals surface area contributed by atoms with E-state index < -0.39 is 0 Å². The quantitative estimate of drug-likeness (QED) is 0.769. The standard InChI is InChI=1S/C12H24N2O/c1-9-4-5-11(6-9)7-12(15)14(3)10(2)8-13/h9-11H,4-8,13H2,1-3H3. The fourth-order valence-corrected chi connectivity index (χ4v) is 2.31. The van der Waals surface area contributed by atoms with E-state index in [9.17, 15) is 4.79 Å². The molecule has 2 N–H and O–H groups in total. The third-order valence-corrected chi connectivity index (χ3v) is 3.66. The SMILES string of the molecule is CC1CCC(CC(=O)N(C)C(C)CN)C1.